The molecular weight excluding hydrogens is 168 g/mol. The van der Waals surface area contributed by atoms with Crippen LogP contribution in [0.2, 0.25) is 0 Å². The molecule has 0 saturated carbocycles. The molecule has 0 rings (SSSR count). The number of ether oxygens (including phenoxy) is 1. The van der Waals surface area contributed by atoms with Crippen LogP contribution in [0, 0.1) is 11.3 Å². The zero-order valence-electron chi connectivity index (χ0n) is 8.41. The number of nitrogens with zero attached hydrogens (tertiary/aromatic N) is 2. The predicted octanol–water partition coefficient (Wildman–Crippen LogP) is 0.783. The van der Waals surface area contributed by atoms with E-state index in [-0.39, 0.29) is 25.1 Å². The van der Waals surface area contributed by atoms with Crippen molar-refractivity contribution >= 4 is 5.91 Å². The third-order valence-electron chi connectivity index (χ3n) is 1.61. The number of amides is 1. The smallest absolute Gasteiger partial charge is 0.249 e. The molecule has 1 amide bonds. The lowest BCUT2D eigenvalue weighted by Crippen LogP contribution is -2.39. The Morgan fingerprint density at radius 2 is 2.23 bits per heavy atom. The summed E-state index contributed by atoms with van der Waals surface area (Å²) < 4.78 is 4.97. The minimum Gasteiger partial charge on any atom is -0.372 e. The number of hydrogen-bond donors (Lipinski definition) is 0. The van der Waals surface area contributed by atoms with Crippen LogP contribution in [-0.2, 0) is 9.53 Å². The van der Waals surface area contributed by atoms with Gasteiger partial charge in [0.05, 0.1) is 6.07 Å². The van der Waals surface area contributed by atoms with Crippen LogP contribution in [0.15, 0.2) is 0 Å². The summed E-state index contributed by atoms with van der Waals surface area (Å²) in [4.78, 5) is 12.9. The first-order chi connectivity index (χ1) is 6.13. The summed E-state index contributed by atoms with van der Waals surface area (Å²) in [6.45, 7) is 6.30. The number of nitriles is 1. The molecule has 0 radical (unpaired) electrons. The van der Waals surface area contributed by atoms with Crippen LogP contribution in [0.4, 0.5) is 0 Å². The molecule has 0 heterocycles. The molecule has 13 heavy (non-hydrogen) atoms. The van der Waals surface area contributed by atoms with Gasteiger partial charge in [-0.3, -0.25) is 4.79 Å². The fourth-order valence-electron chi connectivity index (χ4n) is 0.907. The van der Waals surface area contributed by atoms with Gasteiger partial charge in [0.25, 0.3) is 0 Å². The number of rotatable bonds is 5. The molecule has 0 saturated heterocycles. The Bertz CT molecular complexity index is 196. The Balaban J connectivity index is 4.05. The molecular formula is C9H16N2O2. The summed E-state index contributed by atoms with van der Waals surface area (Å²) in [5.41, 5.74) is 0. The SMILES string of the molecule is CCOCC(=O)N(CC#N)C(C)C. The maximum absolute atomic E-state index is 11.4. The highest BCUT2D eigenvalue weighted by Gasteiger charge is 2.15. The van der Waals surface area contributed by atoms with Gasteiger partial charge in [-0.15, -0.1) is 0 Å². The lowest BCUT2D eigenvalue weighted by Gasteiger charge is -2.23. The first-order valence-electron chi connectivity index (χ1n) is 4.37. The molecule has 0 aliphatic carbocycles. The summed E-state index contributed by atoms with van der Waals surface area (Å²) in [6, 6.07) is 2.00. The van der Waals surface area contributed by atoms with E-state index >= 15 is 0 Å². The molecule has 74 valence electrons. The van der Waals surface area contributed by atoms with Crippen molar-refractivity contribution in [3.8, 4) is 6.07 Å². The van der Waals surface area contributed by atoms with E-state index in [9.17, 15) is 4.79 Å². The lowest BCUT2D eigenvalue weighted by atomic mass is 10.3. The van der Waals surface area contributed by atoms with Gasteiger partial charge in [0, 0.05) is 12.6 Å². The van der Waals surface area contributed by atoms with Crippen LogP contribution in [0.25, 0.3) is 0 Å². The van der Waals surface area contributed by atoms with E-state index in [1.807, 2.05) is 26.8 Å². The van der Waals surface area contributed by atoms with Crippen molar-refractivity contribution in [3.05, 3.63) is 0 Å². The van der Waals surface area contributed by atoms with E-state index in [0.29, 0.717) is 6.61 Å². The van der Waals surface area contributed by atoms with E-state index in [0.717, 1.165) is 0 Å². The second-order valence-electron chi connectivity index (χ2n) is 2.91. The topological polar surface area (TPSA) is 53.3 Å². The zero-order valence-corrected chi connectivity index (χ0v) is 8.41. The van der Waals surface area contributed by atoms with Crippen molar-refractivity contribution in [2.24, 2.45) is 0 Å². The molecule has 4 heteroatoms. The molecule has 0 aliphatic rings. The minimum absolute atomic E-state index is 0.0487. The monoisotopic (exact) mass is 184 g/mol. The highest BCUT2D eigenvalue weighted by atomic mass is 16.5. The largest absolute Gasteiger partial charge is 0.372 e. The summed E-state index contributed by atoms with van der Waals surface area (Å²) in [6.07, 6.45) is 0. The van der Waals surface area contributed by atoms with Crippen LogP contribution in [0.5, 0.6) is 0 Å². The Hall–Kier alpha value is -1.08. The van der Waals surface area contributed by atoms with Crippen molar-refractivity contribution in [1.29, 1.82) is 5.26 Å². The molecule has 0 bridgehead atoms. The van der Waals surface area contributed by atoms with Crippen molar-refractivity contribution in [2.75, 3.05) is 19.8 Å². The summed E-state index contributed by atoms with van der Waals surface area (Å²) in [5.74, 6) is -0.126. The molecule has 0 unspecified atom stereocenters. The summed E-state index contributed by atoms with van der Waals surface area (Å²) in [7, 11) is 0. The van der Waals surface area contributed by atoms with Gasteiger partial charge in [0.2, 0.25) is 5.91 Å². The number of hydrogen-bond acceptors (Lipinski definition) is 3. The van der Waals surface area contributed by atoms with Gasteiger partial charge in [-0.25, -0.2) is 0 Å². The highest BCUT2D eigenvalue weighted by Crippen LogP contribution is 1.98. The van der Waals surface area contributed by atoms with Gasteiger partial charge < -0.3 is 9.64 Å². The average molecular weight is 184 g/mol. The van der Waals surface area contributed by atoms with Gasteiger partial charge in [-0.1, -0.05) is 0 Å². The van der Waals surface area contributed by atoms with Crippen molar-refractivity contribution in [3.63, 3.8) is 0 Å². The molecule has 0 aromatic carbocycles. The minimum atomic E-state index is -0.126. The normalized spacial score (nSPS) is 9.77. The Labute approximate surface area is 79.1 Å². The van der Waals surface area contributed by atoms with Gasteiger partial charge in [-0.05, 0) is 20.8 Å². The van der Waals surface area contributed by atoms with E-state index in [2.05, 4.69) is 0 Å². The Kier molecular flexibility index (Phi) is 5.90. The van der Waals surface area contributed by atoms with E-state index in [1.54, 1.807) is 0 Å². The molecule has 0 spiro atoms. The van der Waals surface area contributed by atoms with Crippen LogP contribution >= 0.6 is 0 Å². The predicted molar refractivity (Wildman–Crippen MR) is 49.0 cm³/mol. The molecule has 0 aromatic rings. The van der Waals surface area contributed by atoms with E-state index in [1.165, 1.54) is 4.90 Å². The molecule has 0 aromatic heterocycles. The van der Waals surface area contributed by atoms with Crippen molar-refractivity contribution < 1.29 is 9.53 Å². The lowest BCUT2D eigenvalue weighted by molar-refractivity contribution is -0.136. The molecule has 0 aliphatic heterocycles. The fraction of sp³-hybridized carbons (Fsp3) is 0.778. The molecule has 0 fully saturated rings. The Morgan fingerprint density at radius 1 is 1.62 bits per heavy atom. The second-order valence-corrected chi connectivity index (χ2v) is 2.91. The number of carbonyl (C=O) groups excluding carboxylic acids is 1. The Morgan fingerprint density at radius 3 is 2.62 bits per heavy atom. The fourth-order valence-corrected chi connectivity index (χ4v) is 0.907. The van der Waals surface area contributed by atoms with Crippen molar-refractivity contribution in [2.45, 2.75) is 26.8 Å². The summed E-state index contributed by atoms with van der Waals surface area (Å²) in [5, 5.41) is 8.48. The third-order valence-corrected chi connectivity index (χ3v) is 1.61. The van der Waals surface area contributed by atoms with Crippen molar-refractivity contribution in [1.82, 2.24) is 4.90 Å². The highest BCUT2D eigenvalue weighted by molar-refractivity contribution is 5.77. The summed E-state index contributed by atoms with van der Waals surface area (Å²) >= 11 is 0. The van der Waals surface area contributed by atoms with Crippen LogP contribution in [-0.4, -0.2) is 36.6 Å². The van der Waals surface area contributed by atoms with E-state index in [4.69, 9.17) is 10.00 Å². The number of carbonyl (C=O) groups is 1. The van der Waals surface area contributed by atoms with Crippen LogP contribution in [0.1, 0.15) is 20.8 Å². The molecule has 4 nitrogen and oxygen atoms in total. The molecule has 0 N–H and O–H groups in total. The second kappa shape index (κ2) is 6.44. The van der Waals surface area contributed by atoms with Gasteiger partial charge in [0.15, 0.2) is 0 Å². The standard InChI is InChI=1S/C9H16N2O2/c1-4-13-7-9(12)11(6-5-10)8(2)3/h8H,4,6-7H2,1-3H3. The van der Waals surface area contributed by atoms with Gasteiger partial charge in [0.1, 0.15) is 13.2 Å². The molecule has 0 atom stereocenters. The first-order valence-corrected chi connectivity index (χ1v) is 4.37. The zero-order chi connectivity index (χ0) is 10.3. The average Bonchev–Trinajstić information content (AvgIpc) is 2.09. The van der Waals surface area contributed by atoms with Crippen LogP contribution in [0.3, 0.4) is 0 Å². The quantitative estimate of drug-likeness (QED) is 0.593. The van der Waals surface area contributed by atoms with E-state index < -0.39 is 0 Å². The van der Waals surface area contributed by atoms with Gasteiger partial charge in [-0.2, -0.15) is 5.26 Å². The third kappa shape index (κ3) is 4.48. The maximum atomic E-state index is 11.4. The maximum Gasteiger partial charge on any atom is 0.249 e. The first kappa shape index (κ1) is 11.9. The van der Waals surface area contributed by atoms with Crippen LogP contribution < -0.4 is 0 Å². The van der Waals surface area contributed by atoms with Gasteiger partial charge >= 0.3 is 0 Å².